The van der Waals surface area contributed by atoms with Crippen molar-refractivity contribution in [1.29, 1.82) is 0 Å². The van der Waals surface area contributed by atoms with Gasteiger partial charge in [0.1, 0.15) is 5.69 Å². The SMILES string of the molecule is CN(CCO)c1ccc(NCC(O)CO)c([N+](=O)[O-])c1.Cl. The number of anilines is 2. The van der Waals surface area contributed by atoms with Crippen molar-refractivity contribution in [2.45, 2.75) is 6.10 Å². The number of nitrogens with one attached hydrogen (secondary N) is 1. The summed E-state index contributed by atoms with van der Waals surface area (Å²) in [5, 5.41) is 40.6. The van der Waals surface area contributed by atoms with Crippen LogP contribution in [0.2, 0.25) is 0 Å². The van der Waals surface area contributed by atoms with Crippen LogP contribution in [-0.2, 0) is 0 Å². The number of nitro groups is 1. The van der Waals surface area contributed by atoms with Gasteiger partial charge in [-0.15, -0.1) is 12.4 Å². The molecular weight excluding hydrogens is 302 g/mol. The Labute approximate surface area is 128 Å². The van der Waals surface area contributed by atoms with Crippen molar-refractivity contribution in [1.82, 2.24) is 0 Å². The second kappa shape index (κ2) is 9.35. The lowest BCUT2D eigenvalue weighted by molar-refractivity contribution is -0.383. The number of benzene rings is 1. The average Bonchev–Trinajstić information content (AvgIpc) is 2.44. The molecule has 0 heterocycles. The van der Waals surface area contributed by atoms with E-state index in [9.17, 15) is 15.2 Å². The van der Waals surface area contributed by atoms with E-state index >= 15 is 0 Å². The maximum absolute atomic E-state index is 11.1. The van der Waals surface area contributed by atoms with E-state index < -0.39 is 17.6 Å². The van der Waals surface area contributed by atoms with Crippen molar-refractivity contribution in [3.8, 4) is 0 Å². The highest BCUT2D eigenvalue weighted by Gasteiger charge is 2.16. The van der Waals surface area contributed by atoms with Crippen molar-refractivity contribution in [3.05, 3.63) is 28.3 Å². The molecule has 0 aliphatic carbocycles. The monoisotopic (exact) mass is 321 g/mol. The Hall–Kier alpha value is -1.61. The lowest BCUT2D eigenvalue weighted by atomic mass is 10.2. The van der Waals surface area contributed by atoms with E-state index in [1.807, 2.05) is 0 Å². The Kier molecular flexibility index (Phi) is 8.63. The van der Waals surface area contributed by atoms with E-state index in [1.165, 1.54) is 12.1 Å². The van der Waals surface area contributed by atoms with Crippen LogP contribution in [0.5, 0.6) is 0 Å². The minimum Gasteiger partial charge on any atom is -0.395 e. The van der Waals surface area contributed by atoms with Gasteiger partial charge in [0, 0.05) is 31.9 Å². The molecule has 0 radical (unpaired) electrons. The van der Waals surface area contributed by atoms with Crippen molar-refractivity contribution in [3.63, 3.8) is 0 Å². The summed E-state index contributed by atoms with van der Waals surface area (Å²) in [5.41, 5.74) is 0.750. The predicted octanol–water partition coefficient (Wildman–Crippen LogP) is 0.210. The van der Waals surface area contributed by atoms with Crippen molar-refractivity contribution >= 4 is 29.5 Å². The summed E-state index contributed by atoms with van der Waals surface area (Å²) in [4.78, 5) is 12.2. The number of nitro benzene ring substituents is 1. The number of hydrogen-bond donors (Lipinski definition) is 4. The Morgan fingerprint density at radius 3 is 2.62 bits per heavy atom. The molecule has 0 aromatic heterocycles. The number of likely N-dealkylation sites (N-methyl/N-ethyl adjacent to an activating group) is 1. The standard InChI is InChI=1S/C12H19N3O5.ClH/c1-14(4-5-16)9-2-3-11(12(6-9)15(19)20)13-7-10(18)8-17;/h2-3,6,10,13,16-18H,4-5,7-8H2,1H3;1H. The first-order chi connectivity index (χ1) is 9.49. The Morgan fingerprint density at radius 2 is 2.10 bits per heavy atom. The fourth-order valence-electron chi connectivity index (χ4n) is 1.63. The molecule has 0 fully saturated rings. The van der Waals surface area contributed by atoms with E-state index in [0.717, 1.165) is 0 Å². The summed E-state index contributed by atoms with van der Waals surface area (Å²) in [5.74, 6) is 0. The second-order valence-electron chi connectivity index (χ2n) is 4.32. The van der Waals surface area contributed by atoms with Gasteiger partial charge in [-0.3, -0.25) is 10.1 Å². The minimum absolute atomic E-state index is 0. The average molecular weight is 322 g/mol. The van der Waals surface area contributed by atoms with Crippen LogP contribution in [0.3, 0.4) is 0 Å². The van der Waals surface area contributed by atoms with E-state index in [4.69, 9.17) is 10.2 Å². The molecule has 0 amide bonds. The van der Waals surface area contributed by atoms with E-state index in [1.54, 1.807) is 18.0 Å². The number of hydrogen-bond acceptors (Lipinski definition) is 7. The molecule has 4 N–H and O–H groups in total. The Bertz CT molecular complexity index is 461. The molecule has 0 aliphatic heterocycles. The van der Waals surface area contributed by atoms with E-state index in [0.29, 0.717) is 12.2 Å². The molecular formula is C12H20ClN3O5. The highest BCUT2D eigenvalue weighted by molar-refractivity contribution is 5.85. The third kappa shape index (κ3) is 5.72. The zero-order valence-corrected chi connectivity index (χ0v) is 12.4. The molecule has 1 aromatic carbocycles. The number of aliphatic hydroxyl groups is 3. The van der Waals surface area contributed by atoms with Gasteiger partial charge in [0.15, 0.2) is 0 Å². The van der Waals surface area contributed by atoms with Crippen LogP contribution < -0.4 is 10.2 Å². The number of nitrogens with zero attached hydrogens (tertiary/aromatic N) is 2. The van der Waals surface area contributed by atoms with Crippen molar-refractivity contribution < 1.29 is 20.2 Å². The highest BCUT2D eigenvalue weighted by Crippen LogP contribution is 2.29. The molecule has 0 spiro atoms. The van der Waals surface area contributed by atoms with Crippen molar-refractivity contribution in [2.24, 2.45) is 0 Å². The molecule has 0 saturated carbocycles. The van der Waals surface area contributed by atoms with Gasteiger partial charge < -0.3 is 25.5 Å². The molecule has 0 saturated heterocycles. The molecule has 1 unspecified atom stereocenters. The topological polar surface area (TPSA) is 119 Å². The summed E-state index contributed by atoms with van der Waals surface area (Å²) >= 11 is 0. The van der Waals surface area contributed by atoms with Gasteiger partial charge >= 0.3 is 0 Å². The van der Waals surface area contributed by atoms with Crippen LogP contribution >= 0.6 is 12.4 Å². The number of halogens is 1. The van der Waals surface area contributed by atoms with E-state index in [2.05, 4.69) is 5.32 Å². The molecule has 8 nitrogen and oxygen atoms in total. The van der Waals surface area contributed by atoms with Gasteiger partial charge in [-0.05, 0) is 12.1 Å². The molecule has 120 valence electrons. The van der Waals surface area contributed by atoms with Crippen LogP contribution in [0, 0.1) is 10.1 Å². The van der Waals surface area contributed by atoms with Crippen LogP contribution in [0.4, 0.5) is 17.1 Å². The fraction of sp³-hybridized carbons (Fsp3) is 0.500. The summed E-state index contributed by atoms with van der Waals surface area (Å²) < 4.78 is 0. The van der Waals surface area contributed by atoms with Gasteiger partial charge in [0.2, 0.25) is 0 Å². The summed E-state index contributed by atoms with van der Waals surface area (Å²) in [6, 6.07) is 4.60. The number of rotatable bonds is 8. The van der Waals surface area contributed by atoms with Crippen LogP contribution in [-0.4, -0.2) is 59.7 Å². The van der Waals surface area contributed by atoms with Crippen LogP contribution in [0.1, 0.15) is 0 Å². The van der Waals surface area contributed by atoms with Gasteiger partial charge in [-0.2, -0.15) is 0 Å². The normalized spacial score (nSPS) is 11.4. The fourth-order valence-corrected chi connectivity index (χ4v) is 1.63. The first-order valence-electron chi connectivity index (χ1n) is 6.12. The maximum atomic E-state index is 11.1. The lowest BCUT2D eigenvalue weighted by Gasteiger charge is -2.18. The Balaban J connectivity index is 0.00000400. The van der Waals surface area contributed by atoms with Gasteiger partial charge in [0.05, 0.1) is 24.2 Å². The number of aliphatic hydroxyl groups excluding tert-OH is 3. The largest absolute Gasteiger partial charge is 0.395 e. The molecule has 9 heteroatoms. The van der Waals surface area contributed by atoms with Gasteiger partial charge in [-0.25, -0.2) is 0 Å². The quantitative estimate of drug-likeness (QED) is 0.399. The molecule has 0 aliphatic rings. The molecule has 1 aromatic rings. The molecule has 1 atom stereocenters. The predicted molar refractivity (Wildman–Crippen MR) is 82.3 cm³/mol. The van der Waals surface area contributed by atoms with Gasteiger partial charge in [0.25, 0.3) is 5.69 Å². The molecule has 1 rings (SSSR count). The highest BCUT2D eigenvalue weighted by atomic mass is 35.5. The second-order valence-corrected chi connectivity index (χ2v) is 4.32. The first kappa shape index (κ1) is 19.4. The van der Waals surface area contributed by atoms with Crippen LogP contribution in [0.15, 0.2) is 18.2 Å². The zero-order valence-electron chi connectivity index (χ0n) is 11.6. The summed E-state index contributed by atoms with van der Waals surface area (Å²) in [6.45, 7) is -0.0819. The smallest absolute Gasteiger partial charge is 0.294 e. The van der Waals surface area contributed by atoms with Gasteiger partial charge in [-0.1, -0.05) is 0 Å². The first-order valence-corrected chi connectivity index (χ1v) is 6.12. The molecule has 0 bridgehead atoms. The lowest BCUT2D eigenvalue weighted by Crippen LogP contribution is -2.24. The van der Waals surface area contributed by atoms with Crippen LogP contribution in [0.25, 0.3) is 0 Å². The maximum Gasteiger partial charge on any atom is 0.294 e. The third-order valence-corrected chi connectivity index (χ3v) is 2.79. The zero-order chi connectivity index (χ0) is 15.1. The third-order valence-electron chi connectivity index (χ3n) is 2.79. The minimum atomic E-state index is -0.980. The Morgan fingerprint density at radius 1 is 1.43 bits per heavy atom. The van der Waals surface area contributed by atoms with E-state index in [-0.39, 0.29) is 36.9 Å². The summed E-state index contributed by atoms with van der Waals surface area (Å²) in [6.07, 6.45) is -0.980. The summed E-state index contributed by atoms with van der Waals surface area (Å²) in [7, 11) is 1.72. The van der Waals surface area contributed by atoms with Crippen molar-refractivity contribution in [2.75, 3.05) is 43.6 Å². The molecule has 21 heavy (non-hydrogen) atoms.